The van der Waals surface area contributed by atoms with Crippen molar-refractivity contribution in [3.8, 4) is 5.75 Å². The molecule has 0 fully saturated rings. The molecule has 4 nitrogen and oxygen atoms in total. The highest BCUT2D eigenvalue weighted by Gasteiger charge is 2.04. The second kappa shape index (κ2) is 4.62. The summed E-state index contributed by atoms with van der Waals surface area (Å²) < 4.78 is 4.89. The molecule has 1 atom stereocenters. The molecule has 0 aliphatic heterocycles. The van der Waals surface area contributed by atoms with E-state index in [-0.39, 0.29) is 0 Å². The van der Waals surface area contributed by atoms with Gasteiger partial charge in [0, 0.05) is 7.05 Å². The van der Waals surface area contributed by atoms with E-state index in [4.69, 9.17) is 4.74 Å². The molecule has 0 saturated heterocycles. The van der Waals surface area contributed by atoms with Crippen LogP contribution in [0.1, 0.15) is 18.6 Å². The summed E-state index contributed by atoms with van der Waals surface area (Å²) in [5, 5.41) is 11.6. The Hall–Kier alpha value is -1.55. The Kier molecular flexibility index (Phi) is 3.48. The van der Waals surface area contributed by atoms with Crippen LogP contribution >= 0.6 is 0 Å². The van der Waals surface area contributed by atoms with Crippen molar-refractivity contribution in [3.05, 3.63) is 29.8 Å². The molecule has 4 heteroatoms. The van der Waals surface area contributed by atoms with Crippen molar-refractivity contribution in [1.29, 1.82) is 0 Å². The van der Waals surface area contributed by atoms with E-state index >= 15 is 0 Å². The predicted molar refractivity (Wildman–Crippen MR) is 52.2 cm³/mol. The standard InChI is InChI=1S/C10H13NO3/c1-7(12)8-4-3-5-9(6-8)14-10(13)11-2/h3-7,12H,1-2H3,(H,11,13). The van der Waals surface area contributed by atoms with Crippen LogP contribution in [0.3, 0.4) is 0 Å². The summed E-state index contributed by atoms with van der Waals surface area (Å²) in [5.41, 5.74) is 0.714. The molecule has 0 aromatic heterocycles. The van der Waals surface area contributed by atoms with Gasteiger partial charge >= 0.3 is 6.09 Å². The molecule has 0 spiro atoms. The van der Waals surface area contributed by atoms with Crippen LogP contribution in [0, 0.1) is 0 Å². The third-order valence-electron chi connectivity index (χ3n) is 1.76. The number of ether oxygens (including phenoxy) is 1. The van der Waals surface area contributed by atoms with Crippen molar-refractivity contribution in [2.24, 2.45) is 0 Å². The van der Waals surface area contributed by atoms with Crippen molar-refractivity contribution in [2.45, 2.75) is 13.0 Å². The van der Waals surface area contributed by atoms with E-state index in [0.29, 0.717) is 11.3 Å². The second-order valence-corrected chi connectivity index (χ2v) is 2.89. The Labute approximate surface area is 82.5 Å². The summed E-state index contributed by atoms with van der Waals surface area (Å²) in [5.74, 6) is 0.419. The molecule has 2 N–H and O–H groups in total. The van der Waals surface area contributed by atoms with Gasteiger partial charge in [0.1, 0.15) is 5.75 Å². The minimum Gasteiger partial charge on any atom is -0.410 e. The molecule has 0 aliphatic rings. The summed E-state index contributed by atoms with van der Waals surface area (Å²) in [6, 6.07) is 6.77. The second-order valence-electron chi connectivity index (χ2n) is 2.89. The van der Waals surface area contributed by atoms with Crippen molar-refractivity contribution < 1.29 is 14.6 Å². The molecular formula is C10H13NO3. The van der Waals surface area contributed by atoms with Gasteiger partial charge in [0.25, 0.3) is 0 Å². The quantitative estimate of drug-likeness (QED) is 0.751. The van der Waals surface area contributed by atoms with Gasteiger partial charge in [-0.15, -0.1) is 0 Å². The van der Waals surface area contributed by atoms with Crippen LogP contribution in [-0.4, -0.2) is 18.2 Å². The number of nitrogens with one attached hydrogen (secondary N) is 1. The summed E-state index contributed by atoms with van der Waals surface area (Å²) in [6.45, 7) is 1.65. The SMILES string of the molecule is CNC(=O)Oc1cccc(C(C)O)c1. The van der Waals surface area contributed by atoms with Crippen LogP contribution in [0.4, 0.5) is 4.79 Å². The maximum absolute atomic E-state index is 10.9. The number of rotatable bonds is 2. The Morgan fingerprint density at radius 1 is 1.57 bits per heavy atom. The number of aliphatic hydroxyl groups is 1. The van der Waals surface area contributed by atoms with Crippen molar-refractivity contribution in [3.63, 3.8) is 0 Å². The van der Waals surface area contributed by atoms with E-state index in [2.05, 4.69) is 5.32 Å². The van der Waals surface area contributed by atoms with Crippen molar-refractivity contribution in [2.75, 3.05) is 7.05 Å². The molecule has 14 heavy (non-hydrogen) atoms. The number of aliphatic hydroxyl groups excluding tert-OH is 1. The van der Waals surface area contributed by atoms with Crippen LogP contribution in [0.5, 0.6) is 5.75 Å². The lowest BCUT2D eigenvalue weighted by atomic mass is 10.1. The topological polar surface area (TPSA) is 58.6 Å². The molecule has 1 aromatic carbocycles. The highest BCUT2D eigenvalue weighted by molar-refractivity contribution is 5.69. The molecule has 0 bridgehead atoms. The number of carbonyl (C=O) groups excluding carboxylic acids is 1. The average molecular weight is 195 g/mol. The Bertz CT molecular complexity index is 323. The molecule has 1 aromatic rings. The van der Waals surface area contributed by atoms with Crippen molar-refractivity contribution >= 4 is 6.09 Å². The lowest BCUT2D eigenvalue weighted by Crippen LogP contribution is -2.22. The first kappa shape index (κ1) is 10.5. The van der Waals surface area contributed by atoms with Gasteiger partial charge < -0.3 is 15.2 Å². The zero-order valence-electron chi connectivity index (χ0n) is 8.15. The van der Waals surface area contributed by atoms with Gasteiger partial charge in [-0.25, -0.2) is 4.79 Å². The first-order valence-corrected chi connectivity index (χ1v) is 4.31. The minimum absolute atomic E-state index is 0.419. The Balaban J connectivity index is 2.78. The van der Waals surface area contributed by atoms with Gasteiger partial charge in [-0.05, 0) is 24.6 Å². The largest absolute Gasteiger partial charge is 0.412 e. The molecule has 1 rings (SSSR count). The number of hydrogen-bond acceptors (Lipinski definition) is 3. The summed E-state index contributed by atoms with van der Waals surface area (Å²) in [7, 11) is 1.49. The van der Waals surface area contributed by atoms with Crippen LogP contribution < -0.4 is 10.1 Å². The predicted octanol–water partition coefficient (Wildman–Crippen LogP) is 1.46. The van der Waals surface area contributed by atoms with Gasteiger partial charge in [-0.2, -0.15) is 0 Å². The Morgan fingerprint density at radius 2 is 2.29 bits per heavy atom. The minimum atomic E-state index is -0.566. The van der Waals surface area contributed by atoms with Crippen LogP contribution in [0.15, 0.2) is 24.3 Å². The lowest BCUT2D eigenvalue weighted by molar-refractivity contribution is 0.195. The normalized spacial score (nSPS) is 11.9. The fourth-order valence-electron chi connectivity index (χ4n) is 0.996. The third-order valence-corrected chi connectivity index (χ3v) is 1.76. The van der Waals surface area contributed by atoms with Gasteiger partial charge in [0.05, 0.1) is 6.10 Å². The van der Waals surface area contributed by atoms with E-state index < -0.39 is 12.2 Å². The number of carbonyl (C=O) groups is 1. The Morgan fingerprint density at radius 3 is 2.86 bits per heavy atom. The van der Waals surface area contributed by atoms with Crippen molar-refractivity contribution in [1.82, 2.24) is 5.32 Å². The molecular weight excluding hydrogens is 182 g/mol. The van der Waals surface area contributed by atoms with E-state index in [9.17, 15) is 9.90 Å². The highest BCUT2D eigenvalue weighted by Crippen LogP contribution is 2.18. The average Bonchev–Trinajstić information content (AvgIpc) is 2.18. The molecule has 0 radical (unpaired) electrons. The van der Waals surface area contributed by atoms with Gasteiger partial charge in [-0.1, -0.05) is 12.1 Å². The fraction of sp³-hybridized carbons (Fsp3) is 0.300. The number of amides is 1. The zero-order valence-corrected chi connectivity index (χ0v) is 8.15. The third kappa shape index (κ3) is 2.74. The molecule has 1 unspecified atom stereocenters. The van der Waals surface area contributed by atoms with E-state index in [1.54, 1.807) is 31.2 Å². The lowest BCUT2D eigenvalue weighted by Gasteiger charge is -2.07. The summed E-state index contributed by atoms with van der Waals surface area (Å²) in [4.78, 5) is 10.9. The summed E-state index contributed by atoms with van der Waals surface area (Å²) >= 11 is 0. The molecule has 0 aliphatic carbocycles. The van der Waals surface area contributed by atoms with Gasteiger partial charge in [-0.3, -0.25) is 0 Å². The van der Waals surface area contributed by atoms with E-state index in [1.165, 1.54) is 7.05 Å². The molecule has 76 valence electrons. The number of benzene rings is 1. The van der Waals surface area contributed by atoms with Crippen LogP contribution in [0.2, 0.25) is 0 Å². The molecule has 0 heterocycles. The zero-order chi connectivity index (χ0) is 10.6. The maximum atomic E-state index is 10.9. The number of hydrogen-bond donors (Lipinski definition) is 2. The van der Waals surface area contributed by atoms with E-state index in [0.717, 1.165) is 0 Å². The van der Waals surface area contributed by atoms with Crippen LogP contribution in [0.25, 0.3) is 0 Å². The highest BCUT2D eigenvalue weighted by atomic mass is 16.5. The first-order valence-electron chi connectivity index (χ1n) is 4.31. The van der Waals surface area contributed by atoms with E-state index in [1.807, 2.05) is 0 Å². The fourth-order valence-corrected chi connectivity index (χ4v) is 0.996. The smallest absolute Gasteiger partial charge is 0.410 e. The monoisotopic (exact) mass is 195 g/mol. The van der Waals surface area contributed by atoms with Crippen LogP contribution in [-0.2, 0) is 0 Å². The van der Waals surface area contributed by atoms with Gasteiger partial charge in [0.15, 0.2) is 0 Å². The maximum Gasteiger partial charge on any atom is 0.412 e. The first-order chi connectivity index (χ1) is 6.63. The van der Waals surface area contributed by atoms with Gasteiger partial charge in [0.2, 0.25) is 0 Å². The summed E-state index contributed by atoms with van der Waals surface area (Å²) in [6.07, 6.45) is -1.09. The molecule has 1 amide bonds. The molecule has 0 saturated carbocycles.